The van der Waals surface area contributed by atoms with Crippen LogP contribution in [0.2, 0.25) is 0 Å². The van der Waals surface area contributed by atoms with Crippen molar-refractivity contribution in [2.75, 3.05) is 40.5 Å². The molecule has 0 aliphatic heterocycles. The fraction of sp³-hybridized carbons (Fsp3) is 0.611. The molecule has 6 heteroatoms. The van der Waals surface area contributed by atoms with Gasteiger partial charge >= 0.3 is 0 Å². The minimum atomic E-state index is 0.619. The second kappa shape index (κ2) is 12.5. The summed E-state index contributed by atoms with van der Waals surface area (Å²) in [5, 5.41) is 6.61. The molecule has 1 aromatic carbocycles. The lowest BCUT2D eigenvalue weighted by atomic mass is 10.2. The van der Waals surface area contributed by atoms with Crippen LogP contribution in [0.4, 0.5) is 0 Å². The average molecular weight is 337 g/mol. The van der Waals surface area contributed by atoms with E-state index in [1.54, 1.807) is 14.2 Å². The molecule has 2 N–H and O–H groups in total. The molecule has 0 aliphatic carbocycles. The van der Waals surface area contributed by atoms with E-state index in [1.165, 1.54) is 0 Å². The molecule has 0 radical (unpaired) electrons. The van der Waals surface area contributed by atoms with Gasteiger partial charge in [-0.1, -0.05) is 6.07 Å². The van der Waals surface area contributed by atoms with Crippen molar-refractivity contribution >= 4 is 5.96 Å². The molecule has 0 aliphatic rings. The van der Waals surface area contributed by atoms with Crippen molar-refractivity contribution in [1.82, 2.24) is 10.6 Å². The number of rotatable bonds is 11. The Labute approximate surface area is 145 Å². The first kappa shape index (κ1) is 20.1. The topological polar surface area (TPSA) is 64.1 Å². The molecular formula is C18H31N3O3. The first-order valence-electron chi connectivity index (χ1n) is 8.57. The fourth-order valence-corrected chi connectivity index (χ4v) is 2.18. The Morgan fingerprint density at radius 3 is 2.58 bits per heavy atom. The highest BCUT2D eigenvalue weighted by Crippen LogP contribution is 2.27. The molecular weight excluding hydrogens is 306 g/mol. The number of hydrogen-bond acceptors (Lipinski definition) is 4. The third kappa shape index (κ3) is 7.55. The number of guanidine groups is 1. The maximum absolute atomic E-state index is 5.53. The molecule has 1 aromatic rings. The molecule has 6 nitrogen and oxygen atoms in total. The summed E-state index contributed by atoms with van der Waals surface area (Å²) in [7, 11) is 3.42. The SMILES string of the molecule is CCOCCCCNC(=NC)NCc1ccc(OCC)c(OC)c1. The zero-order valence-electron chi connectivity index (χ0n) is 15.4. The van der Waals surface area contributed by atoms with Gasteiger partial charge in [-0.3, -0.25) is 4.99 Å². The van der Waals surface area contributed by atoms with Crippen molar-refractivity contribution in [2.45, 2.75) is 33.2 Å². The number of nitrogens with one attached hydrogen (secondary N) is 2. The summed E-state index contributed by atoms with van der Waals surface area (Å²) in [4.78, 5) is 4.23. The lowest BCUT2D eigenvalue weighted by molar-refractivity contribution is 0.143. The van der Waals surface area contributed by atoms with Gasteiger partial charge in [-0.05, 0) is 44.4 Å². The van der Waals surface area contributed by atoms with E-state index in [0.29, 0.717) is 13.2 Å². The maximum atomic E-state index is 5.53. The first-order chi connectivity index (χ1) is 11.7. The number of benzene rings is 1. The van der Waals surface area contributed by atoms with Gasteiger partial charge in [0.15, 0.2) is 17.5 Å². The van der Waals surface area contributed by atoms with Crippen molar-refractivity contribution in [2.24, 2.45) is 4.99 Å². The Balaban J connectivity index is 2.40. The third-order valence-corrected chi connectivity index (χ3v) is 3.42. The van der Waals surface area contributed by atoms with Gasteiger partial charge in [0.05, 0.1) is 13.7 Å². The van der Waals surface area contributed by atoms with Crippen LogP contribution in [0.1, 0.15) is 32.3 Å². The smallest absolute Gasteiger partial charge is 0.191 e. The minimum Gasteiger partial charge on any atom is -0.493 e. The summed E-state index contributed by atoms with van der Waals surface area (Å²) in [6.07, 6.45) is 2.10. The molecule has 0 bridgehead atoms. The van der Waals surface area contributed by atoms with Gasteiger partial charge in [0.2, 0.25) is 0 Å². The number of nitrogens with zero attached hydrogens (tertiary/aromatic N) is 1. The van der Waals surface area contributed by atoms with Crippen molar-refractivity contribution in [3.8, 4) is 11.5 Å². The van der Waals surface area contributed by atoms with E-state index in [0.717, 1.165) is 55.6 Å². The predicted octanol–water partition coefficient (Wildman–Crippen LogP) is 2.58. The van der Waals surface area contributed by atoms with Crippen molar-refractivity contribution in [3.63, 3.8) is 0 Å². The second-order valence-corrected chi connectivity index (χ2v) is 5.17. The van der Waals surface area contributed by atoms with Gasteiger partial charge in [0.1, 0.15) is 0 Å². The molecule has 0 atom stereocenters. The Bertz CT molecular complexity index is 492. The van der Waals surface area contributed by atoms with E-state index in [9.17, 15) is 0 Å². The zero-order valence-corrected chi connectivity index (χ0v) is 15.4. The van der Waals surface area contributed by atoms with E-state index in [2.05, 4.69) is 15.6 Å². The Kier molecular flexibility index (Phi) is 10.4. The molecule has 0 unspecified atom stereocenters. The van der Waals surface area contributed by atoms with Gasteiger partial charge in [-0.15, -0.1) is 0 Å². The van der Waals surface area contributed by atoms with Crippen LogP contribution in [-0.4, -0.2) is 46.5 Å². The van der Waals surface area contributed by atoms with E-state index in [-0.39, 0.29) is 0 Å². The number of methoxy groups -OCH3 is 1. The molecule has 136 valence electrons. The summed E-state index contributed by atoms with van der Waals surface area (Å²) >= 11 is 0. The Morgan fingerprint density at radius 1 is 1.08 bits per heavy atom. The van der Waals surface area contributed by atoms with Gasteiger partial charge < -0.3 is 24.8 Å². The molecule has 0 saturated heterocycles. The van der Waals surface area contributed by atoms with Gasteiger partial charge in [0, 0.05) is 33.4 Å². The molecule has 0 heterocycles. The lowest BCUT2D eigenvalue weighted by Crippen LogP contribution is -2.37. The first-order valence-corrected chi connectivity index (χ1v) is 8.57. The molecule has 24 heavy (non-hydrogen) atoms. The van der Waals surface area contributed by atoms with Crippen molar-refractivity contribution < 1.29 is 14.2 Å². The summed E-state index contributed by atoms with van der Waals surface area (Å²) < 4.78 is 16.2. The van der Waals surface area contributed by atoms with Crippen LogP contribution in [0.5, 0.6) is 11.5 Å². The zero-order chi connectivity index (χ0) is 17.6. The van der Waals surface area contributed by atoms with Crippen LogP contribution < -0.4 is 20.1 Å². The molecule has 0 fully saturated rings. The van der Waals surface area contributed by atoms with E-state index < -0.39 is 0 Å². The number of hydrogen-bond donors (Lipinski definition) is 2. The van der Waals surface area contributed by atoms with Crippen LogP contribution in [0.25, 0.3) is 0 Å². The van der Waals surface area contributed by atoms with Crippen LogP contribution in [0.15, 0.2) is 23.2 Å². The standard InChI is InChI=1S/C18H31N3O3/c1-5-23-12-8-7-11-20-18(19-3)21-14-15-9-10-16(24-6-2)17(13-15)22-4/h9-10,13H,5-8,11-12,14H2,1-4H3,(H2,19,20,21). The highest BCUT2D eigenvalue weighted by atomic mass is 16.5. The second-order valence-electron chi connectivity index (χ2n) is 5.17. The van der Waals surface area contributed by atoms with Crippen LogP contribution >= 0.6 is 0 Å². The molecule has 1 rings (SSSR count). The van der Waals surface area contributed by atoms with Crippen molar-refractivity contribution in [1.29, 1.82) is 0 Å². The van der Waals surface area contributed by atoms with E-state index in [4.69, 9.17) is 14.2 Å². The highest BCUT2D eigenvalue weighted by Gasteiger charge is 2.06. The van der Waals surface area contributed by atoms with Crippen LogP contribution in [0.3, 0.4) is 0 Å². The van der Waals surface area contributed by atoms with E-state index >= 15 is 0 Å². The quantitative estimate of drug-likeness (QED) is 0.369. The number of ether oxygens (including phenoxy) is 3. The Hall–Kier alpha value is -1.95. The average Bonchev–Trinajstić information content (AvgIpc) is 2.61. The third-order valence-electron chi connectivity index (χ3n) is 3.42. The highest BCUT2D eigenvalue weighted by molar-refractivity contribution is 5.79. The van der Waals surface area contributed by atoms with Gasteiger partial charge in [-0.2, -0.15) is 0 Å². The number of unbranched alkanes of at least 4 members (excludes halogenated alkanes) is 1. The molecule has 0 amide bonds. The summed E-state index contributed by atoms with van der Waals surface area (Å²) in [5.74, 6) is 2.30. The minimum absolute atomic E-state index is 0.619. The largest absolute Gasteiger partial charge is 0.493 e. The number of aliphatic imine (C=N–C) groups is 1. The van der Waals surface area contributed by atoms with Crippen LogP contribution in [-0.2, 0) is 11.3 Å². The normalized spacial score (nSPS) is 11.2. The van der Waals surface area contributed by atoms with Crippen LogP contribution in [0, 0.1) is 0 Å². The fourth-order valence-electron chi connectivity index (χ4n) is 2.18. The molecule has 0 spiro atoms. The van der Waals surface area contributed by atoms with Crippen molar-refractivity contribution in [3.05, 3.63) is 23.8 Å². The lowest BCUT2D eigenvalue weighted by Gasteiger charge is -2.14. The summed E-state index contributed by atoms with van der Waals surface area (Å²) in [6, 6.07) is 5.94. The van der Waals surface area contributed by atoms with Gasteiger partial charge in [-0.25, -0.2) is 0 Å². The monoisotopic (exact) mass is 337 g/mol. The summed E-state index contributed by atoms with van der Waals surface area (Å²) in [5.41, 5.74) is 1.11. The maximum Gasteiger partial charge on any atom is 0.191 e. The molecule has 0 saturated carbocycles. The molecule has 0 aromatic heterocycles. The predicted molar refractivity (Wildman–Crippen MR) is 98.1 cm³/mol. The Morgan fingerprint density at radius 2 is 1.92 bits per heavy atom. The summed E-state index contributed by atoms with van der Waals surface area (Å²) in [6.45, 7) is 7.73. The van der Waals surface area contributed by atoms with E-state index in [1.807, 2.05) is 32.0 Å². The van der Waals surface area contributed by atoms with Gasteiger partial charge in [0.25, 0.3) is 0 Å².